The van der Waals surface area contributed by atoms with Crippen molar-refractivity contribution in [2.45, 2.75) is 13.0 Å². The van der Waals surface area contributed by atoms with Crippen molar-refractivity contribution >= 4 is 12.0 Å². The fourth-order valence-electron chi connectivity index (χ4n) is 2.49. The van der Waals surface area contributed by atoms with Crippen molar-refractivity contribution in [2.24, 2.45) is 5.92 Å². The van der Waals surface area contributed by atoms with Gasteiger partial charge in [-0.15, -0.1) is 0 Å². The minimum atomic E-state index is -0.966. The lowest BCUT2D eigenvalue weighted by atomic mass is 10.1. The number of amides is 2. The van der Waals surface area contributed by atoms with Crippen LogP contribution in [0.4, 0.5) is 4.79 Å². The average molecular weight is 291 g/mol. The molecule has 0 bridgehead atoms. The highest BCUT2D eigenvalue weighted by atomic mass is 16.4. The first-order chi connectivity index (χ1) is 10.0. The number of rotatable bonds is 5. The van der Waals surface area contributed by atoms with Gasteiger partial charge in [0.25, 0.3) is 0 Å². The number of nitrogens with zero attached hydrogens (tertiary/aromatic N) is 1. The van der Waals surface area contributed by atoms with Crippen LogP contribution >= 0.6 is 0 Å². The summed E-state index contributed by atoms with van der Waals surface area (Å²) in [5.41, 5.74) is 0.995. The van der Waals surface area contributed by atoms with Crippen LogP contribution < -0.4 is 10.6 Å². The topological polar surface area (TPSA) is 81.7 Å². The van der Waals surface area contributed by atoms with Gasteiger partial charge in [-0.1, -0.05) is 12.1 Å². The molecule has 3 N–H and O–H groups in total. The van der Waals surface area contributed by atoms with E-state index in [-0.39, 0.29) is 11.6 Å². The van der Waals surface area contributed by atoms with Gasteiger partial charge in [0.15, 0.2) is 0 Å². The van der Waals surface area contributed by atoms with E-state index in [0.717, 1.165) is 25.1 Å². The van der Waals surface area contributed by atoms with Crippen LogP contribution in [0.1, 0.15) is 22.3 Å². The molecule has 1 unspecified atom stereocenters. The smallest absolute Gasteiger partial charge is 0.335 e. The lowest BCUT2D eigenvalue weighted by molar-refractivity contribution is 0.0696. The quantitative estimate of drug-likeness (QED) is 0.760. The Balaban J connectivity index is 1.73. The van der Waals surface area contributed by atoms with Crippen LogP contribution in [0.25, 0.3) is 0 Å². The van der Waals surface area contributed by atoms with Gasteiger partial charge >= 0.3 is 12.0 Å². The zero-order valence-corrected chi connectivity index (χ0v) is 12.1. The Morgan fingerprint density at radius 3 is 2.86 bits per heavy atom. The zero-order chi connectivity index (χ0) is 15.2. The highest BCUT2D eigenvalue weighted by Crippen LogP contribution is 2.12. The molecule has 2 amide bonds. The van der Waals surface area contributed by atoms with Crippen LogP contribution in [0.3, 0.4) is 0 Å². The molecule has 1 fully saturated rings. The Bertz CT molecular complexity index is 519. The highest BCUT2D eigenvalue weighted by Gasteiger charge is 2.19. The van der Waals surface area contributed by atoms with E-state index in [1.165, 1.54) is 6.07 Å². The second-order valence-electron chi connectivity index (χ2n) is 5.49. The van der Waals surface area contributed by atoms with E-state index >= 15 is 0 Å². The summed E-state index contributed by atoms with van der Waals surface area (Å²) in [6.45, 7) is 3.08. The molecule has 0 spiro atoms. The number of hydrogen-bond acceptors (Lipinski definition) is 3. The Hall–Kier alpha value is -2.08. The molecule has 0 saturated carbocycles. The molecule has 6 nitrogen and oxygen atoms in total. The third-order valence-electron chi connectivity index (χ3n) is 3.67. The number of likely N-dealkylation sites (tertiary alicyclic amines) is 1. The van der Waals surface area contributed by atoms with Gasteiger partial charge in [-0.2, -0.15) is 0 Å². The van der Waals surface area contributed by atoms with Gasteiger partial charge in [0, 0.05) is 19.6 Å². The van der Waals surface area contributed by atoms with Crippen molar-refractivity contribution in [1.29, 1.82) is 0 Å². The number of hydrogen-bond donors (Lipinski definition) is 3. The predicted octanol–water partition coefficient (Wildman–Crippen LogP) is 1.14. The molecular formula is C15H21N3O3. The molecule has 1 saturated heterocycles. The summed E-state index contributed by atoms with van der Waals surface area (Å²) in [6, 6.07) is 6.34. The lowest BCUT2D eigenvalue weighted by Crippen LogP contribution is -2.38. The van der Waals surface area contributed by atoms with Gasteiger partial charge in [-0.25, -0.2) is 9.59 Å². The first-order valence-corrected chi connectivity index (χ1v) is 7.07. The summed E-state index contributed by atoms with van der Waals surface area (Å²) in [4.78, 5) is 24.8. The monoisotopic (exact) mass is 291 g/mol. The van der Waals surface area contributed by atoms with Crippen molar-refractivity contribution in [3.8, 4) is 0 Å². The Morgan fingerprint density at radius 1 is 1.38 bits per heavy atom. The molecule has 21 heavy (non-hydrogen) atoms. The molecule has 0 radical (unpaired) electrons. The van der Waals surface area contributed by atoms with E-state index in [1.807, 2.05) is 0 Å². The highest BCUT2D eigenvalue weighted by molar-refractivity contribution is 5.87. The average Bonchev–Trinajstić information content (AvgIpc) is 2.89. The first-order valence-electron chi connectivity index (χ1n) is 7.07. The molecular weight excluding hydrogens is 270 g/mol. The molecule has 6 heteroatoms. The maximum absolute atomic E-state index is 11.7. The summed E-state index contributed by atoms with van der Waals surface area (Å²) >= 11 is 0. The van der Waals surface area contributed by atoms with E-state index in [9.17, 15) is 9.59 Å². The third kappa shape index (κ3) is 4.75. The second kappa shape index (κ2) is 7.08. The summed E-state index contributed by atoms with van der Waals surface area (Å²) < 4.78 is 0. The van der Waals surface area contributed by atoms with Gasteiger partial charge < -0.3 is 20.6 Å². The molecule has 0 aliphatic carbocycles. The lowest BCUT2D eigenvalue weighted by Gasteiger charge is -2.12. The standard InChI is InChI=1S/C15H21N3O3/c1-18-6-5-12(10-18)9-17-15(21)16-8-11-3-2-4-13(7-11)14(19)20/h2-4,7,12H,5-6,8-10H2,1H3,(H,19,20)(H2,16,17,21). The number of carboxylic acids is 1. The van der Waals surface area contributed by atoms with Gasteiger partial charge in [0.1, 0.15) is 0 Å². The van der Waals surface area contributed by atoms with Crippen LogP contribution in [0, 0.1) is 5.92 Å². The van der Waals surface area contributed by atoms with Gasteiger partial charge in [-0.3, -0.25) is 0 Å². The van der Waals surface area contributed by atoms with E-state index in [1.54, 1.807) is 18.2 Å². The maximum Gasteiger partial charge on any atom is 0.335 e. The molecule has 0 aromatic heterocycles. The fourth-order valence-corrected chi connectivity index (χ4v) is 2.49. The Morgan fingerprint density at radius 2 is 2.19 bits per heavy atom. The normalized spacial score (nSPS) is 18.4. The molecule has 1 aliphatic heterocycles. The predicted molar refractivity (Wildman–Crippen MR) is 79.2 cm³/mol. The van der Waals surface area contributed by atoms with Crippen molar-refractivity contribution in [2.75, 3.05) is 26.7 Å². The molecule has 1 aromatic rings. The van der Waals surface area contributed by atoms with E-state index in [4.69, 9.17) is 5.11 Å². The van der Waals surface area contributed by atoms with Crippen LogP contribution in [0.5, 0.6) is 0 Å². The minimum absolute atomic E-state index is 0.217. The number of aromatic carboxylic acids is 1. The van der Waals surface area contributed by atoms with Crippen LogP contribution in [-0.4, -0.2) is 48.7 Å². The maximum atomic E-state index is 11.7. The molecule has 2 rings (SSSR count). The summed E-state index contributed by atoms with van der Waals surface area (Å²) in [5.74, 6) is -0.456. The van der Waals surface area contributed by atoms with Gasteiger partial charge in [0.05, 0.1) is 5.56 Å². The largest absolute Gasteiger partial charge is 0.478 e. The number of carbonyl (C=O) groups is 2. The van der Waals surface area contributed by atoms with Crippen molar-refractivity contribution < 1.29 is 14.7 Å². The Kier molecular flexibility index (Phi) is 5.16. The molecule has 1 heterocycles. The minimum Gasteiger partial charge on any atom is -0.478 e. The summed E-state index contributed by atoms with van der Waals surface area (Å²) in [6.07, 6.45) is 1.11. The molecule has 1 aliphatic rings. The first kappa shape index (κ1) is 15.3. The van der Waals surface area contributed by atoms with Crippen LogP contribution in [0.2, 0.25) is 0 Å². The SMILES string of the molecule is CN1CCC(CNC(=O)NCc2cccc(C(=O)O)c2)C1. The molecule has 1 atom stereocenters. The van der Waals surface area contributed by atoms with E-state index in [0.29, 0.717) is 19.0 Å². The van der Waals surface area contributed by atoms with Crippen LogP contribution in [0.15, 0.2) is 24.3 Å². The van der Waals surface area contributed by atoms with Crippen molar-refractivity contribution in [1.82, 2.24) is 15.5 Å². The van der Waals surface area contributed by atoms with Gasteiger partial charge in [-0.05, 0) is 43.6 Å². The summed E-state index contributed by atoms with van der Waals surface area (Å²) in [7, 11) is 2.08. The number of nitrogens with one attached hydrogen (secondary N) is 2. The van der Waals surface area contributed by atoms with Crippen molar-refractivity contribution in [3.05, 3.63) is 35.4 Å². The van der Waals surface area contributed by atoms with Gasteiger partial charge in [0.2, 0.25) is 0 Å². The number of carbonyl (C=O) groups excluding carboxylic acids is 1. The second-order valence-corrected chi connectivity index (χ2v) is 5.49. The number of urea groups is 1. The fraction of sp³-hybridized carbons (Fsp3) is 0.467. The van der Waals surface area contributed by atoms with E-state index in [2.05, 4.69) is 22.6 Å². The number of benzene rings is 1. The summed E-state index contributed by atoms with van der Waals surface area (Å²) in [5, 5.41) is 14.5. The molecule has 114 valence electrons. The van der Waals surface area contributed by atoms with Crippen molar-refractivity contribution in [3.63, 3.8) is 0 Å². The van der Waals surface area contributed by atoms with Crippen LogP contribution in [-0.2, 0) is 6.54 Å². The Labute approximate surface area is 124 Å². The number of carboxylic acid groups (broad SMARTS) is 1. The third-order valence-corrected chi connectivity index (χ3v) is 3.67. The van der Waals surface area contributed by atoms with E-state index < -0.39 is 5.97 Å². The molecule has 1 aromatic carbocycles. The zero-order valence-electron chi connectivity index (χ0n) is 12.1.